The number of allylic oxidation sites excluding steroid dienone is 3. The molecule has 0 radical (unpaired) electrons. The quantitative estimate of drug-likeness (QED) is 0.161. The summed E-state index contributed by atoms with van der Waals surface area (Å²) in [5.41, 5.74) is 10.1. The average molecular weight is 988 g/mol. The summed E-state index contributed by atoms with van der Waals surface area (Å²) in [7, 11) is 0. The zero-order chi connectivity index (χ0) is 53.8. The van der Waals surface area contributed by atoms with E-state index < -0.39 is 5.54 Å². The molecule has 3 aliphatic carbocycles. The van der Waals surface area contributed by atoms with Crippen LogP contribution in [0.3, 0.4) is 0 Å². The Balaban J connectivity index is 0.000000167. The first-order valence-electron chi connectivity index (χ1n) is 24.2. The van der Waals surface area contributed by atoms with E-state index in [9.17, 15) is 25.2 Å². The third kappa shape index (κ3) is 10.1. The van der Waals surface area contributed by atoms with Crippen molar-refractivity contribution in [3.63, 3.8) is 0 Å². The van der Waals surface area contributed by atoms with Crippen LogP contribution in [0.5, 0.6) is 11.5 Å². The molecule has 72 heavy (non-hydrogen) atoms. The predicted octanol–water partition coefficient (Wildman–Crippen LogP) is 9.60. The maximum atomic E-state index is 12.8. The number of carbonyl (C=O) groups is 2. The first-order chi connectivity index (χ1) is 33.3. The van der Waals surface area contributed by atoms with Crippen LogP contribution in [0.15, 0.2) is 60.7 Å². The van der Waals surface area contributed by atoms with Crippen molar-refractivity contribution in [2.24, 2.45) is 27.6 Å². The molecule has 3 N–H and O–H groups in total. The SMILES string of the molecule is CC(=O)N[C@@]1(C)CC(C)(C)C2C(c3ccc(C)cc3N2O)C1C.CC(=O)N[C@]1(C)C=C2C(=[N+]([O-])c3cc(C)ccc32)C(C)(C)C1.CC1(C)C=C2C(=[N+]([O-])c3cc4c(cc32)OCO4)C(C)(C)C1.O=C=O.O=C=O. The van der Waals surface area contributed by atoms with Crippen molar-refractivity contribution in [2.45, 2.75) is 146 Å². The molecule has 0 aromatic heterocycles. The average Bonchev–Trinajstić information content (AvgIpc) is 3.96. The monoisotopic (exact) mass is 987 g/mol. The lowest BCUT2D eigenvalue weighted by Crippen LogP contribution is -2.63. The minimum absolute atomic E-state index is 0.0107. The van der Waals surface area contributed by atoms with Crippen LogP contribution in [0.1, 0.15) is 143 Å². The fourth-order valence-corrected chi connectivity index (χ4v) is 13.3. The Morgan fingerprint density at radius 3 is 1.76 bits per heavy atom. The Hall–Kier alpha value is -6.86. The summed E-state index contributed by atoms with van der Waals surface area (Å²) in [6.45, 7) is 31.0. The molecule has 3 aromatic carbocycles. The van der Waals surface area contributed by atoms with E-state index in [0.29, 0.717) is 23.5 Å². The number of fused-ring (bicyclic) bond motifs is 10. The minimum atomic E-state index is -0.443. The summed E-state index contributed by atoms with van der Waals surface area (Å²) in [5.74, 6) is 1.78. The largest absolute Gasteiger partial charge is 0.618 e. The molecule has 1 fully saturated rings. The molecule has 384 valence electrons. The minimum Gasteiger partial charge on any atom is -0.618 e. The Labute approximate surface area is 422 Å². The molecule has 1 saturated carbocycles. The van der Waals surface area contributed by atoms with Crippen molar-refractivity contribution in [3.05, 3.63) is 98.9 Å². The summed E-state index contributed by atoms with van der Waals surface area (Å²) in [5, 5.41) is 44.1. The highest BCUT2D eigenvalue weighted by Gasteiger charge is 2.59. The number of anilines is 1. The van der Waals surface area contributed by atoms with E-state index in [1.165, 1.54) is 17.6 Å². The Kier molecular flexibility index (Phi) is 14.6. The van der Waals surface area contributed by atoms with Gasteiger partial charge < -0.3 is 30.5 Å². The van der Waals surface area contributed by atoms with Gasteiger partial charge in [-0.3, -0.25) is 19.9 Å². The van der Waals surface area contributed by atoms with Gasteiger partial charge in [-0.15, -0.1) is 0 Å². The van der Waals surface area contributed by atoms with Crippen LogP contribution >= 0.6 is 0 Å². The van der Waals surface area contributed by atoms with Gasteiger partial charge in [-0.05, 0) is 132 Å². The zero-order valence-electron chi connectivity index (χ0n) is 44.2. The predicted molar refractivity (Wildman–Crippen MR) is 271 cm³/mol. The van der Waals surface area contributed by atoms with Crippen LogP contribution in [-0.2, 0) is 28.8 Å². The van der Waals surface area contributed by atoms with Gasteiger partial charge in [-0.1, -0.05) is 58.9 Å². The number of hydrogen-bond acceptors (Lipinski definition) is 12. The van der Waals surface area contributed by atoms with Gasteiger partial charge in [0.05, 0.1) is 56.4 Å². The number of benzene rings is 3. The maximum absolute atomic E-state index is 12.8. The second-order valence-corrected chi connectivity index (χ2v) is 23.5. The lowest BCUT2D eigenvalue weighted by molar-refractivity contribution is -0.361. The number of carbonyl (C=O) groups excluding carboxylic acids is 6. The molecule has 4 aliphatic heterocycles. The number of hydrogen-bond donors (Lipinski definition) is 3. The van der Waals surface area contributed by atoms with E-state index in [1.54, 1.807) is 13.0 Å². The summed E-state index contributed by atoms with van der Waals surface area (Å²) >= 11 is 0. The summed E-state index contributed by atoms with van der Waals surface area (Å²) in [6.07, 6.45) is 7.27. The maximum Gasteiger partial charge on any atom is 0.373 e. The van der Waals surface area contributed by atoms with Crippen molar-refractivity contribution in [3.8, 4) is 11.5 Å². The molecule has 3 aromatic rings. The molecular weight excluding hydrogens is 919 g/mol. The van der Waals surface area contributed by atoms with E-state index in [-0.39, 0.29) is 76.0 Å². The number of nitrogens with zero attached hydrogens (tertiary/aromatic N) is 3. The number of hydroxylamine groups is 1. The van der Waals surface area contributed by atoms with Crippen molar-refractivity contribution in [1.29, 1.82) is 0 Å². The molecule has 4 heterocycles. The standard InChI is InChI=1S/C19H28N2O2.C18H22N2O2.C17H19NO3.2CO2/c1-11-7-8-14-15(9-11)21(23)17-16(14)12(2)19(6,20-13(3)22)10-18(17,4)5;1-11-6-7-13-14-9-18(5,19-12(2)21)10-17(3,4)16(14)20(22)15(13)8-11;1-16(2)7-11-10-5-13-14(21-9-20-13)6-12(10)18(19)15(11)17(3,4)8-16;2*2-1-3/h7-9,12,16-17,23H,10H2,1-6H3,(H,20,22);6-9H,10H2,1-5H3,(H,19,21);5-7H,8-9H2,1-4H3;;/t12?,16?,17?,19-;18-;;;/m01.../s1. The number of amides is 2. The van der Waals surface area contributed by atoms with Crippen LogP contribution < -0.4 is 25.2 Å². The van der Waals surface area contributed by atoms with Crippen LogP contribution in [0, 0.1) is 51.8 Å². The third-order valence-electron chi connectivity index (χ3n) is 15.1. The van der Waals surface area contributed by atoms with Crippen LogP contribution in [0.2, 0.25) is 0 Å². The highest BCUT2D eigenvalue weighted by atomic mass is 16.7. The van der Waals surface area contributed by atoms with E-state index >= 15 is 0 Å². The van der Waals surface area contributed by atoms with Gasteiger partial charge in [0.25, 0.3) is 0 Å². The topological polar surface area (TPSA) is 221 Å². The second-order valence-electron chi connectivity index (χ2n) is 23.5. The molecule has 10 rings (SSSR count). The van der Waals surface area contributed by atoms with E-state index in [0.717, 1.165) is 78.6 Å². The molecule has 16 nitrogen and oxygen atoms in total. The number of rotatable bonds is 2. The highest BCUT2D eigenvalue weighted by Crippen LogP contribution is 2.59. The second kappa shape index (κ2) is 19.3. The molecule has 0 saturated heterocycles. The number of ether oxygens (including phenoxy) is 2. The Morgan fingerprint density at radius 1 is 0.694 bits per heavy atom. The fourth-order valence-electron chi connectivity index (χ4n) is 13.3. The van der Waals surface area contributed by atoms with E-state index in [4.69, 9.17) is 28.7 Å². The number of nitrogens with one attached hydrogen (secondary N) is 2. The van der Waals surface area contributed by atoms with Crippen LogP contribution in [0.25, 0.3) is 11.1 Å². The lowest BCUT2D eigenvalue weighted by atomic mass is 9.56. The van der Waals surface area contributed by atoms with E-state index in [2.05, 4.69) is 104 Å². The normalized spacial score (nSPS) is 26.0. The molecule has 3 unspecified atom stereocenters. The smallest absolute Gasteiger partial charge is 0.373 e. The van der Waals surface area contributed by atoms with Gasteiger partial charge >= 0.3 is 12.3 Å². The Morgan fingerprint density at radius 2 is 1.19 bits per heavy atom. The van der Waals surface area contributed by atoms with Gasteiger partial charge in [0.15, 0.2) is 11.5 Å². The first kappa shape index (κ1) is 54.5. The molecule has 16 heteroatoms. The summed E-state index contributed by atoms with van der Waals surface area (Å²) in [6, 6.07) is 16.1. The van der Waals surface area contributed by atoms with Crippen molar-refractivity contribution >= 4 is 63.7 Å². The number of aryl methyl sites for hydroxylation is 2. The van der Waals surface area contributed by atoms with Crippen LogP contribution in [0.4, 0.5) is 17.1 Å². The van der Waals surface area contributed by atoms with E-state index in [1.807, 2.05) is 51.1 Å². The van der Waals surface area contributed by atoms with Gasteiger partial charge in [0.2, 0.25) is 41.4 Å². The summed E-state index contributed by atoms with van der Waals surface area (Å²) in [4.78, 5) is 55.8. The molecule has 7 aliphatic rings. The Bertz CT molecular complexity index is 2900. The van der Waals surface area contributed by atoms with Gasteiger partial charge in [-0.2, -0.15) is 28.7 Å². The van der Waals surface area contributed by atoms with Crippen molar-refractivity contribution < 1.29 is 52.9 Å². The first-order valence-corrected chi connectivity index (χ1v) is 24.2. The van der Waals surface area contributed by atoms with Crippen LogP contribution in [-0.4, -0.2) is 74.1 Å². The molecule has 0 bridgehead atoms. The van der Waals surface area contributed by atoms with Gasteiger partial charge in [0.1, 0.15) is 0 Å². The zero-order valence-corrected chi connectivity index (χ0v) is 44.2. The van der Waals surface area contributed by atoms with Crippen molar-refractivity contribution in [2.75, 3.05) is 11.9 Å². The lowest BCUT2D eigenvalue weighted by Gasteiger charge is -2.54. The van der Waals surface area contributed by atoms with Gasteiger partial charge in [0, 0.05) is 31.4 Å². The third-order valence-corrected chi connectivity index (χ3v) is 15.1. The summed E-state index contributed by atoms with van der Waals surface area (Å²) < 4.78 is 13.0. The molecule has 2 amide bonds. The molecule has 0 spiro atoms. The van der Waals surface area contributed by atoms with Crippen molar-refractivity contribution in [1.82, 2.24) is 10.6 Å². The fraction of sp³-hybridized carbons (Fsp3) is 0.500. The van der Waals surface area contributed by atoms with Gasteiger partial charge in [-0.25, -0.2) is 0 Å². The highest BCUT2D eigenvalue weighted by molar-refractivity contribution is 6.29. The molecule has 5 atom stereocenters. The molecular formula is C56H69N5O11.